The van der Waals surface area contributed by atoms with E-state index >= 15 is 0 Å². The van der Waals surface area contributed by atoms with Crippen molar-refractivity contribution in [2.75, 3.05) is 26.0 Å². The van der Waals surface area contributed by atoms with Crippen LogP contribution in [0.4, 0.5) is 5.82 Å². The summed E-state index contributed by atoms with van der Waals surface area (Å²) >= 11 is 3.52. The first-order valence-corrected chi connectivity index (χ1v) is 6.95. The third kappa shape index (κ3) is 2.80. The molecule has 0 bridgehead atoms. The monoisotopic (exact) mass is 297 g/mol. The Hall–Kier alpha value is -0.610. The van der Waals surface area contributed by atoms with Crippen molar-refractivity contribution in [2.24, 2.45) is 0 Å². The van der Waals surface area contributed by atoms with Crippen LogP contribution in [0.15, 0.2) is 22.8 Å². The van der Waals surface area contributed by atoms with Gasteiger partial charge < -0.3 is 10.2 Å². The zero-order valence-electron chi connectivity index (χ0n) is 10.5. The molecule has 17 heavy (non-hydrogen) atoms. The number of hydrogen-bond acceptors (Lipinski definition) is 3. The lowest BCUT2D eigenvalue weighted by atomic mass is 9.96. The van der Waals surface area contributed by atoms with E-state index in [0.717, 1.165) is 16.8 Å². The van der Waals surface area contributed by atoms with Crippen LogP contribution in [-0.4, -0.2) is 36.1 Å². The SMILES string of the molecule is CN(C)C1(CNc2ncccc2Br)CCCC1. The van der Waals surface area contributed by atoms with Crippen molar-refractivity contribution in [3.05, 3.63) is 22.8 Å². The number of hydrogen-bond donors (Lipinski definition) is 1. The molecule has 2 rings (SSSR count). The highest BCUT2D eigenvalue weighted by atomic mass is 79.9. The molecule has 4 heteroatoms. The van der Waals surface area contributed by atoms with Gasteiger partial charge in [0.2, 0.25) is 0 Å². The molecule has 0 aliphatic heterocycles. The lowest BCUT2D eigenvalue weighted by molar-refractivity contribution is 0.172. The van der Waals surface area contributed by atoms with Crippen molar-refractivity contribution in [3.8, 4) is 0 Å². The summed E-state index contributed by atoms with van der Waals surface area (Å²) in [7, 11) is 4.36. The minimum atomic E-state index is 0.303. The molecule has 1 aromatic heterocycles. The minimum absolute atomic E-state index is 0.303. The molecule has 1 saturated carbocycles. The molecule has 3 nitrogen and oxygen atoms in total. The summed E-state index contributed by atoms with van der Waals surface area (Å²) in [5.74, 6) is 0.945. The van der Waals surface area contributed by atoms with Crippen LogP contribution in [0.5, 0.6) is 0 Å². The van der Waals surface area contributed by atoms with Crippen LogP contribution in [0.1, 0.15) is 25.7 Å². The maximum atomic E-state index is 4.35. The van der Waals surface area contributed by atoms with E-state index < -0.39 is 0 Å². The molecule has 1 aliphatic carbocycles. The Labute approximate surface area is 112 Å². The standard InChI is InChI=1S/C13H20BrN3/c1-17(2)13(7-3-4-8-13)10-16-12-11(14)6-5-9-15-12/h5-6,9H,3-4,7-8,10H2,1-2H3,(H,15,16). The van der Waals surface area contributed by atoms with Gasteiger partial charge in [0.15, 0.2) is 0 Å². The van der Waals surface area contributed by atoms with Gasteiger partial charge >= 0.3 is 0 Å². The van der Waals surface area contributed by atoms with E-state index in [0.29, 0.717) is 5.54 Å². The van der Waals surface area contributed by atoms with Gasteiger partial charge in [0, 0.05) is 18.3 Å². The van der Waals surface area contributed by atoms with Crippen molar-refractivity contribution in [2.45, 2.75) is 31.2 Å². The fourth-order valence-corrected chi connectivity index (χ4v) is 2.97. The number of rotatable bonds is 4. The van der Waals surface area contributed by atoms with E-state index in [1.54, 1.807) is 0 Å². The topological polar surface area (TPSA) is 28.2 Å². The zero-order valence-corrected chi connectivity index (χ0v) is 12.1. The molecule has 0 radical (unpaired) electrons. The average molecular weight is 298 g/mol. The lowest BCUT2D eigenvalue weighted by Crippen LogP contribution is -2.47. The first-order valence-electron chi connectivity index (χ1n) is 6.16. The zero-order chi connectivity index (χ0) is 12.3. The van der Waals surface area contributed by atoms with E-state index in [9.17, 15) is 0 Å². The highest BCUT2D eigenvalue weighted by Gasteiger charge is 2.35. The molecule has 0 spiro atoms. The summed E-state index contributed by atoms with van der Waals surface area (Å²) in [5.41, 5.74) is 0.303. The molecule has 1 aliphatic rings. The molecule has 0 unspecified atom stereocenters. The molecule has 94 valence electrons. The van der Waals surface area contributed by atoms with Gasteiger partial charge in [-0.3, -0.25) is 0 Å². The van der Waals surface area contributed by atoms with Gasteiger partial charge in [-0.1, -0.05) is 12.8 Å². The fourth-order valence-electron chi connectivity index (χ4n) is 2.58. The summed E-state index contributed by atoms with van der Waals surface area (Å²) in [6.07, 6.45) is 7.05. The van der Waals surface area contributed by atoms with Crippen molar-refractivity contribution in [1.82, 2.24) is 9.88 Å². The number of halogens is 1. The average Bonchev–Trinajstić information content (AvgIpc) is 2.78. The second-order valence-corrected chi connectivity index (χ2v) is 5.87. The molecule has 1 fully saturated rings. The molecule has 0 saturated heterocycles. The Bertz CT molecular complexity index is 373. The molecule has 1 N–H and O–H groups in total. The van der Waals surface area contributed by atoms with Crippen molar-refractivity contribution in [1.29, 1.82) is 0 Å². The molecule has 1 heterocycles. The van der Waals surface area contributed by atoms with Gasteiger partial charge in [-0.05, 0) is 55.0 Å². The number of likely N-dealkylation sites (N-methyl/N-ethyl adjacent to an activating group) is 1. The first kappa shape index (κ1) is 12.8. The van der Waals surface area contributed by atoms with Gasteiger partial charge in [-0.25, -0.2) is 4.98 Å². The number of aromatic nitrogens is 1. The van der Waals surface area contributed by atoms with E-state index in [-0.39, 0.29) is 0 Å². The lowest BCUT2D eigenvalue weighted by Gasteiger charge is -2.36. The summed E-state index contributed by atoms with van der Waals surface area (Å²) in [5, 5.41) is 3.48. The van der Waals surface area contributed by atoms with Crippen LogP contribution in [0.3, 0.4) is 0 Å². The van der Waals surface area contributed by atoms with Gasteiger partial charge in [0.25, 0.3) is 0 Å². The van der Waals surface area contributed by atoms with Crippen LogP contribution in [0.25, 0.3) is 0 Å². The van der Waals surface area contributed by atoms with Crippen LogP contribution in [-0.2, 0) is 0 Å². The molecule has 1 aromatic rings. The third-order valence-electron chi connectivity index (χ3n) is 3.83. The summed E-state index contributed by atoms with van der Waals surface area (Å²) in [6.45, 7) is 0.968. The summed E-state index contributed by atoms with van der Waals surface area (Å²) < 4.78 is 1.03. The van der Waals surface area contributed by atoms with Gasteiger partial charge in [0.1, 0.15) is 5.82 Å². The van der Waals surface area contributed by atoms with E-state index in [1.165, 1.54) is 25.7 Å². The van der Waals surface area contributed by atoms with Crippen LogP contribution >= 0.6 is 15.9 Å². The fraction of sp³-hybridized carbons (Fsp3) is 0.615. The maximum Gasteiger partial charge on any atom is 0.140 e. The van der Waals surface area contributed by atoms with Gasteiger partial charge in [0.05, 0.1) is 4.47 Å². The Kier molecular flexibility index (Phi) is 4.05. The van der Waals surface area contributed by atoms with E-state index in [2.05, 4.69) is 45.2 Å². The van der Waals surface area contributed by atoms with Crippen molar-refractivity contribution < 1.29 is 0 Å². The Morgan fingerprint density at radius 1 is 1.41 bits per heavy atom. The molecule has 0 amide bonds. The predicted octanol–water partition coefficient (Wildman–Crippen LogP) is 3.13. The van der Waals surface area contributed by atoms with Crippen LogP contribution in [0.2, 0.25) is 0 Å². The van der Waals surface area contributed by atoms with Crippen molar-refractivity contribution >= 4 is 21.7 Å². The molecule has 0 atom stereocenters. The second kappa shape index (κ2) is 5.36. The first-order chi connectivity index (χ1) is 8.14. The quantitative estimate of drug-likeness (QED) is 0.925. The molecular formula is C13H20BrN3. The Morgan fingerprint density at radius 3 is 2.71 bits per heavy atom. The third-order valence-corrected chi connectivity index (χ3v) is 4.47. The number of nitrogens with one attached hydrogen (secondary N) is 1. The Morgan fingerprint density at radius 2 is 2.12 bits per heavy atom. The van der Waals surface area contributed by atoms with E-state index in [4.69, 9.17) is 0 Å². The van der Waals surface area contributed by atoms with E-state index in [1.807, 2.05) is 18.3 Å². The van der Waals surface area contributed by atoms with Crippen molar-refractivity contribution in [3.63, 3.8) is 0 Å². The molecule has 0 aromatic carbocycles. The highest BCUT2D eigenvalue weighted by Crippen LogP contribution is 2.34. The van der Waals surface area contributed by atoms with Gasteiger partial charge in [-0.15, -0.1) is 0 Å². The molecular weight excluding hydrogens is 278 g/mol. The summed E-state index contributed by atoms with van der Waals surface area (Å²) in [6, 6.07) is 3.96. The smallest absolute Gasteiger partial charge is 0.140 e. The van der Waals surface area contributed by atoms with Crippen LogP contribution < -0.4 is 5.32 Å². The second-order valence-electron chi connectivity index (χ2n) is 5.01. The summed E-state index contributed by atoms with van der Waals surface area (Å²) in [4.78, 5) is 6.72. The van der Waals surface area contributed by atoms with Gasteiger partial charge in [-0.2, -0.15) is 0 Å². The maximum absolute atomic E-state index is 4.35. The Balaban J connectivity index is 2.03. The number of pyridine rings is 1. The number of nitrogens with zero attached hydrogens (tertiary/aromatic N) is 2. The highest BCUT2D eigenvalue weighted by molar-refractivity contribution is 9.10. The minimum Gasteiger partial charge on any atom is -0.367 e. The predicted molar refractivity (Wildman–Crippen MR) is 75.3 cm³/mol. The largest absolute Gasteiger partial charge is 0.367 e. The number of anilines is 1. The normalized spacial score (nSPS) is 18.6. The van der Waals surface area contributed by atoms with Crippen LogP contribution in [0, 0.1) is 0 Å².